The molecule has 1 aromatic carbocycles. The minimum atomic E-state index is -0.470. The Morgan fingerprint density at radius 3 is 3.06 bits per heavy atom. The van der Waals surface area contributed by atoms with Gasteiger partial charge < -0.3 is 10.3 Å². The number of H-pyrrole nitrogens is 1. The van der Waals surface area contributed by atoms with Gasteiger partial charge in [0.15, 0.2) is 0 Å². The van der Waals surface area contributed by atoms with E-state index in [0.29, 0.717) is 6.54 Å². The summed E-state index contributed by atoms with van der Waals surface area (Å²) < 4.78 is 0. The number of aromatic nitrogens is 1. The first-order valence-corrected chi connectivity index (χ1v) is 6.08. The van der Waals surface area contributed by atoms with E-state index in [0.717, 1.165) is 11.9 Å². The Morgan fingerprint density at radius 2 is 2.29 bits per heavy atom. The Kier molecular flexibility index (Phi) is 3.69. The summed E-state index contributed by atoms with van der Waals surface area (Å²) in [6.45, 7) is 2.29. The molecular weight excluding hydrogens is 236 g/mol. The first-order chi connectivity index (χ1) is 8.16. The van der Waals surface area contributed by atoms with Gasteiger partial charge in [0.2, 0.25) is 5.91 Å². The molecule has 90 valence electrons. The second-order valence-corrected chi connectivity index (χ2v) is 4.71. The van der Waals surface area contributed by atoms with Crippen LogP contribution in [-0.2, 0) is 11.2 Å². The number of alkyl halides is 1. The van der Waals surface area contributed by atoms with Crippen LogP contribution in [0.25, 0.3) is 10.9 Å². The molecule has 0 saturated heterocycles. The van der Waals surface area contributed by atoms with E-state index in [-0.39, 0.29) is 5.91 Å². The molecular formula is C13H15ClN2O. The van der Waals surface area contributed by atoms with Crippen molar-refractivity contribution in [3.63, 3.8) is 0 Å². The lowest BCUT2D eigenvalue weighted by Gasteiger charge is -2.06. The largest absolute Gasteiger partial charge is 0.361 e. The number of carbonyl (C=O) groups is 1. The molecule has 1 amide bonds. The van der Waals surface area contributed by atoms with Gasteiger partial charge in [-0.25, -0.2) is 0 Å². The number of benzene rings is 1. The topological polar surface area (TPSA) is 44.9 Å². The molecule has 2 aromatic rings. The fraction of sp³-hybridized carbons (Fsp3) is 0.308. The van der Waals surface area contributed by atoms with Crippen LogP contribution in [0.1, 0.15) is 12.5 Å². The Hall–Kier alpha value is -1.48. The van der Waals surface area contributed by atoms with Crippen LogP contribution in [0.2, 0.25) is 0 Å². The molecule has 0 fully saturated rings. The van der Waals surface area contributed by atoms with Crippen molar-refractivity contribution >= 4 is 28.4 Å². The molecule has 1 unspecified atom stereocenters. The SMILES string of the molecule is CC(Cl)C(=O)NCCc1ccc2[nH]ccc2c1. The van der Waals surface area contributed by atoms with Gasteiger partial charge >= 0.3 is 0 Å². The highest BCUT2D eigenvalue weighted by Crippen LogP contribution is 2.14. The molecule has 17 heavy (non-hydrogen) atoms. The highest BCUT2D eigenvalue weighted by molar-refractivity contribution is 6.30. The van der Waals surface area contributed by atoms with Gasteiger partial charge in [-0.05, 0) is 42.5 Å². The van der Waals surface area contributed by atoms with Crippen molar-refractivity contribution in [1.82, 2.24) is 10.3 Å². The number of nitrogens with one attached hydrogen (secondary N) is 2. The zero-order valence-corrected chi connectivity index (χ0v) is 10.4. The zero-order valence-electron chi connectivity index (χ0n) is 9.66. The summed E-state index contributed by atoms with van der Waals surface area (Å²) in [4.78, 5) is 14.4. The zero-order chi connectivity index (χ0) is 12.3. The van der Waals surface area contributed by atoms with Gasteiger partial charge in [0.05, 0.1) is 0 Å². The van der Waals surface area contributed by atoms with E-state index < -0.39 is 5.38 Å². The van der Waals surface area contributed by atoms with Crippen molar-refractivity contribution in [3.05, 3.63) is 36.0 Å². The fourth-order valence-electron chi connectivity index (χ4n) is 1.73. The third-order valence-corrected chi connectivity index (χ3v) is 2.89. The average molecular weight is 251 g/mol. The predicted molar refractivity (Wildman–Crippen MR) is 70.3 cm³/mol. The summed E-state index contributed by atoms with van der Waals surface area (Å²) >= 11 is 5.66. The number of rotatable bonds is 4. The maximum Gasteiger partial charge on any atom is 0.237 e. The molecule has 1 aromatic heterocycles. The molecule has 0 spiro atoms. The molecule has 4 heteroatoms. The molecule has 3 nitrogen and oxygen atoms in total. The standard InChI is InChI=1S/C13H15ClN2O/c1-9(14)13(17)16-6-4-10-2-3-12-11(8-10)5-7-15-12/h2-3,5,7-9,15H,4,6H2,1H3,(H,16,17). The van der Waals surface area contributed by atoms with Crippen LogP contribution < -0.4 is 5.32 Å². The number of hydrogen-bond donors (Lipinski definition) is 2. The number of fused-ring (bicyclic) bond motifs is 1. The quantitative estimate of drug-likeness (QED) is 0.805. The van der Waals surface area contributed by atoms with E-state index >= 15 is 0 Å². The van der Waals surface area contributed by atoms with E-state index in [4.69, 9.17) is 11.6 Å². The van der Waals surface area contributed by atoms with Crippen LogP contribution in [0.4, 0.5) is 0 Å². The summed E-state index contributed by atoms with van der Waals surface area (Å²) in [6.07, 6.45) is 2.74. The number of amides is 1. The molecule has 0 aliphatic heterocycles. The Balaban J connectivity index is 1.92. The van der Waals surface area contributed by atoms with Crippen molar-refractivity contribution in [1.29, 1.82) is 0 Å². The van der Waals surface area contributed by atoms with E-state index in [1.165, 1.54) is 10.9 Å². The maximum absolute atomic E-state index is 11.3. The number of hydrogen-bond acceptors (Lipinski definition) is 1. The monoisotopic (exact) mass is 250 g/mol. The molecule has 0 saturated carbocycles. The highest BCUT2D eigenvalue weighted by Gasteiger charge is 2.07. The van der Waals surface area contributed by atoms with Gasteiger partial charge in [-0.3, -0.25) is 4.79 Å². The van der Waals surface area contributed by atoms with Crippen molar-refractivity contribution in [2.45, 2.75) is 18.7 Å². The van der Waals surface area contributed by atoms with Gasteiger partial charge in [-0.15, -0.1) is 11.6 Å². The Bertz CT molecular complexity index is 519. The highest BCUT2D eigenvalue weighted by atomic mass is 35.5. The third-order valence-electron chi connectivity index (χ3n) is 2.69. The van der Waals surface area contributed by atoms with Crippen molar-refractivity contribution < 1.29 is 4.79 Å². The molecule has 0 aliphatic carbocycles. The molecule has 2 rings (SSSR count). The van der Waals surface area contributed by atoms with Crippen LogP contribution in [0.5, 0.6) is 0 Å². The van der Waals surface area contributed by atoms with Crippen LogP contribution in [-0.4, -0.2) is 22.8 Å². The second kappa shape index (κ2) is 5.23. The van der Waals surface area contributed by atoms with E-state index in [9.17, 15) is 4.79 Å². The van der Waals surface area contributed by atoms with Crippen LogP contribution >= 0.6 is 11.6 Å². The molecule has 0 bridgehead atoms. The smallest absolute Gasteiger partial charge is 0.237 e. The summed E-state index contributed by atoms with van der Waals surface area (Å²) in [6, 6.07) is 8.28. The van der Waals surface area contributed by atoms with Crippen molar-refractivity contribution in [2.75, 3.05) is 6.54 Å². The molecule has 0 radical (unpaired) electrons. The van der Waals surface area contributed by atoms with Crippen molar-refractivity contribution in [2.24, 2.45) is 0 Å². The van der Waals surface area contributed by atoms with Gasteiger partial charge in [0.25, 0.3) is 0 Å². The first kappa shape index (κ1) is 12.0. The number of carbonyl (C=O) groups excluding carboxylic acids is 1. The van der Waals surface area contributed by atoms with E-state index in [2.05, 4.69) is 28.5 Å². The lowest BCUT2D eigenvalue weighted by atomic mass is 10.1. The van der Waals surface area contributed by atoms with Gasteiger partial charge in [-0.2, -0.15) is 0 Å². The Labute approximate surface area is 105 Å². The Morgan fingerprint density at radius 1 is 1.47 bits per heavy atom. The lowest BCUT2D eigenvalue weighted by Crippen LogP contribution is -2.31. The summed E-state index contributed by atoms with van der Waals surface area (Å²) in [5.74, 6) is -0.116. The number of aromatic amines is 1. The molecule has 2 N–H and O–H groups in total. The van der Waals surface area contributed by atoms with Gasteiger partial charge in [0.1, 0.15) is 5.38 Å². The summed E-state index contributed by atoms with van der Waals surface area (Å²) in [5, 5.41) is 3.52. The maximum atomic E-state index is 11.3. The third kappa shape index (κ3) is 3.01. The second-order valence-electron chi connectivity index (χ2n) is 4.06. The first-order valence-electron chi connectivity index (χ1n) is 5.64. The van der Waals surface area contributed by atoms with Crippen LogP contribution in [0.3, 0.4) is 0 Å². The molecule has 0 aliphatic rings. The molecule has 1 heterocycles. The average Bonchev–Trinajstić information content (AvgIpc) is 2.75. The normalized spacial score (nSPS) is 12.6. The number of halogens is 1. The van der Waals surface area contributed by atoms with Gasteiger partial charge in [0, 0.05) is 18.3 Å². The minimum absolute atomic E-state index is 0.116. The summed E-state index contributed by atoms with van der Waals surface area (Å²) in [7, 11) is 0. The van der Waals surface area contributed by atoms with E-state index in [1.54, 1.807) is 6.92 Å². The lowest BCUT2D eigenvalue weighted by molar-refractivity contribution is -0.120. The molecule has 1 atom stereocenters. The van der Waals surface area contributed by atoms with Crippen molar-refractivity contribution in [3.8, 4) is 0 Å². The minimum Gasteiger partial charge on any atom is -0.361 e. The predicted octanol–water partition coefficient (Wildman–Crippen LogP) is 2.45. The fourth-order valence-corrected chi connectivity index (χ4v) is 1.81. The van der Waals surface area contributed by atoms with Gasteiger partial charge in [-0.1, -0.05) is 6.07 Å². The van der Waals surface area contributed by atoms with Crippen LogP contribution in [0.15, 0.2) is 30.5 Å². The van der Waals surface area contributed by atoms with E-state index in [1.807, 2.05) is 12.3 Å². The summed E-state index contributed by atoms with van der Waals surface area (Å²) in [5.41, 5.74) is 2.34. The van der Waals surface area contributed by atoms with Crippen LogP contribution in [0, 0.1) is 0 Å².